The zero-order valence-electron chi connectivity index (χ0n) is 10.6. The van der Waals surface area contributed by atoms with E-state index in [2.05, 4.69) is 55.1 Å². The van der Waals surface area contributed by atoms with Crippen LogP contribution in [-0.4, -0.2) is 0 Å². The van der Waals surface area contributed by atoms with Gasteiger partial charge in [0.1, 0.15) is 0 Å². The van der Waals surface area contributed by atoms with E-state index < -0.39 is 0 Å². The molecule has 0 amide bonds. The van der Waals surface area contributed by atoms with E-state index in [1.807, 2.05) is 13.0 Å². The third kappa shape index (κ3) is 1.62. The molecule has 18 heavy (non-hydrogen) atoms. The molecule has 0 fully saturated rings. The minimum absolute atomic E-state index is 1.03. The molecule has 1 aliphatic carbocycles. The molecule has 0 radical (unpaired) electrons. The average molecular weight is 232 g/mol. The highest BCUT2D eigenvalue weighted by Gasteiger charge is 2.20. The Hall–Kier alpha value is -2.08. The fourth-order valence-electron chi connectivity index (χ4n) is 2.75. The van der Waals surface area contributed by atoms with Crippen LogP contribution in [0.4, 0.5) is 0 Å². The lowest BCUT2D eigenvalue weighted by Gasteiger charge is -2.08. The van der Waals surface area contributed by atoms with Crippen molar-refractivity contribution in [3.05, 3.63) is 77.9 Å². The number of fused-ring (bicyclic) bond motifs is 3. The highest BCUT2D eigenvalue weighted by molar-refractivity contribution is 5.85. The summed E-state index contributed by atoms with van der Waals surface area (Å²) in [6, 6.07) is 15.2. The van der Waals surface area contributed by atoms with Crippen molar-refractivity contribution in [1.82, 2.24) is 0 Å². The van der Waals surface area contributed by atoms with Gasteiger partial charge in [0, 0.05) is 0 Å². The van der Waals surface area contributed by atoms with Crippen molar-refractivity contribution in [2.24, 2.45) is 0 Å². The molecular weight excluding hydrogens is 216 g/mol. The summed E-state index contributed by atoms with van der Waals surface area (Å²) in [6.45, 7) is 6.20. The molecule has 2 aromatic rings. The Morgan fingerprint density at radius 2 is 1.83 bits per heavy atom. The first-order valence-electron chi connectivity index (χ1n) is 6.33. The molecule has 0 saturated carbocycles. The highest BCUT2D eigenvalue weighted by atomic mass is 14.2. The van der Waals surface area contributed by atoms with Crippen molar-refractivity contribution in [1.29, 1.82) is 0 Å². The summed E-state index contributed by atoms with van der Waals surface area (Å²) < 4.78 is 0. The number of allylic oxidation sites excluding steroid dienone is 3. The summed E-state index contributed by atoms with van der Waals surface area (Å²) in [5.41, 5.74) is 7.97. The van der Waals surface area contributed by atoms with Crippen LogP contribution < -0.4 is 0 Å². The SMILES string of the molecule is C=C(C=CC)c1cccc2c1Cc1ccccc1-2. The second kappa shape index (κ2) is 4.30. The van der Waals surface area contributed by atoms with Crippen LogP contribution in [0.1, 0.15) is 23.6 Å². The standard InChI is InChI=1S/C18H16/c1-3-7-13(2)15-10-6-11-17-16-9-5-4-8-14(16)12-18(15)17/h3-11H,2,12H2,1H3. The van der Waals surface area contributed by atoms with E-state index >= 15 is 0 Å². The largest absolute Gasteiger partial charge is 0.0912 e. The molecule has 0 unspecified atom stereocenters. The van der Waals surface area contributed by atoms with Crippen molar-refractivity contribution in [2.75, 3.05) is 0 Å². The van der Waals surface area contributed by atoms with E-state index in [-0.39, 0.29) is 0 Å². The first-order chi connectivity index (χ1) is 8.81. The van der Waals surface area contributed by atoms with Crippen LogP contribution in [0.3, 0.4) is 0 Å². The topological polar surface area (TPSA) is 0 Å². The molecule has 88 valence electrons. The second-order valence-corrected chi connectivity index (χ2v) is 4.69. The van der Waals surface area contributed by atoms with Crippen LogP contribution in [0, 0.1) is 0 Å². The lowest BCUT2D eigenvalue weighted by Crippen LogP contribution is -1.89. The van der Waals surface area contributed by atoms with Crippen molar-refractivity contribution in [3.8, 4) is 11.1 Å². The monoisotopic (exact) mass is 232 g/mol. The fraction of sp³-hybridized carbons (Fsp3) is 0.111. The van der Waals surface area contributed by atoms with Crippen LogP contribution in [0.2, 0.25) is 0 Å². The second-order valence-electron chi connectivity index (χ2n) is 4.69. The Balaban J connectivity index is 2.17. The zero-order valence-corrected chi connectivity index (χ0v) is 10.6. The van der Waals surface area contributed by atoms with Gasteiger partial charge in [-0.05, 0) is 46.7 Å². The molecule has 0 atom stereocenters. The third-order valence-corrected chi connectivity index (χ3v) is 3.56. The highest BCUT2D eigenvalue weighted by Crippen LogP contribution is 2.39. The maximum atomic E-state index is 4.17. The van der Waals surface area contributed by atoms with Gasteiger partial charge < -0.3 is 0 Å². The van der Waals surface area contributed by atoms with Crippen LogP contribution >= 0.6 is 0 Å². The molecule has 0 spiro atoms. The van der Waals surface area contributed by atoms with Crippen LogP contribution in [-0.2, 0) is 6.42 Å². The van der Waals surface area contributed by atoms with Gasteiger partial charge in [0.2, 0.25) is 0 Å². The van der Waals surface area contributed by atoms with Crippen molar-refractivity contribution in [2.45, 2.75) is 13.3 Å². The first kappa shape index (κ1) is 11.0. The number of hydrogen-bond acceptors (Lipinski definition) is 0. The quantitative estimate of drug-likeness (QED) is 0.554. The van der Waals surface area contributed by atoms with Crippen LogP contribution in [0.5, 0.6) is 0 Å². The lowest BCUT2D eigenvalue weighted by molar-refractivity contribution is 1.25. The van der Waals surface area contributed by atoms with E-state index in [0.29, 0.717) is 0 Å². The molecule has 0 saturated heterocycles. The van der Waals surface area contributed by atoms with Crippen molar-refractivity contribution >= 4 is 5.57 Å². The van der Waals surface area contributed by atoms with Gasteiger partial charge in [0.05, 0.1) is 0 Å². The molecule has 0 aliphatic heterocycles. The Morgan fingerprint density at radius 1 is 1.06 bits per heavy atom. The van der Waals surface area contributed by atoms with Crippen molar-refractivity contribution in [3.63, 3.8) is 0 Å². The smallest absolute Gasteiger partial charge is 0.000729 e. The summed E-state index contributed by atoms with van der Waals surface area (Å²) in [7, 11) is 0. The molecule has 1 aliphatic rings. The van der Waals surface area contributed by atoms with E-state index in [0.717, 1.165) is 12.0 Å². The van der Waals surface area contributed by atoms with Gasteiger partial charge >= 0.3 is 0 Å². The van der Waals surface area contributed by atoms with Gasteiger partial charge in [0.25, 0.3) is 0 Å². The molecule has 0 bridgehead atoms. The summed E-state index contributed by atoms with van der Waals surface area (Å²) >= 11 is 0. The predicted molar refractivity (Wildman–Crippen MR) is 78.5 cm³/mol. The maximum absolute atomic E-state index is 4.17. The first-order valence-corrected chi connectivity index (χ1v) is 6.33. The van der Waals surface area contributed by atoms with Gasteiger partial charge in [-0.3, -0.25) is 0 Å². The summed E-state index contributed by atoms with van der Waals surface area (Å²) in [6.07, 6.45) is 5.15. The fourth-order valence-corrected chi connectivity index (χ4v) is 2.75. The van der Waals surface area contributed by atoms with Gasteiger partial charge in [-0.2, -0.15) is 0 Å². The number of benzene rings is 2. The molecule has 0 nitrogen and oxygen atoms in total. The third-order valence-electron chi connectivity index (χ3n) is 3.56. The normalized spacial score (nSPS) is 12.5. The maximum Gasteiger partial charge on any atom is -0.000729 e. The summed E-state index contributed by atoms with van der Waals surface area (Å²) in [4.78, 5) is 0. The van der Waals surface area contributed by atoms with Crippen LogP contribution in [0.15, 0.2) is 61.2 Å². The van der Waals surface area contributed by atoms with E-state index in [1.165, 1.54) is 27.8 Å². The number of hydrogen-bond donors (Lipinski definition) is 0. The van der Waals surface area contributed by atoms with Crippen LogP contribution in [0.25, 0.3) is 16.7 Å². The van der Waals surface area contributed by atoms with E-state index in [4.69, 9.17) is 0 Å². The molecule has 3 rings (SSSR count). The van der Waals surface area contributed by atoms with Gasteiger partial charge in [-0.25, -0.2) is 0 Å². The summed E-state index contributed by atoms with van der Waals surface area (Å²) in [5.74, 6) is 0. The minimum atomic E-state index is 1.03. The molecule has 2 aromatic carbocycles. The number of rotatable bonds is 2. The van der Waals surface area contributed by atoms with E-state index in [9.17, 15) is 0 Å². The lowest BCUT2D eigenvalue weighted by atomic mass is 9.96. The van der Waals surface area contributed by atoms with Gasteiger partial charge in [-0.1, -0.05) is 61.2 Å². The van der Waals surface area contributed by atoms with Gasteiger partial charge in [0.15, 0.2) is 0 Å². The molecule has 0 N–H and O–H groups in total. The predicted octanol–water partition coefficient (Wildman–Crippen LogP) is 4.85. The van der Waals surface area contributed by atoms with E-state index in [1.54, 1.807) is 0 Å². The molecule has 0 heterocycles. The minimum Gasteiger partial charge on any atom is -0.0912 e. The average Bonchev–Trinajstić information content (AvgIpc) is 2.77. The molecule has 0 heteroatoms. The van der Waals surface area contributed by atoms with Crippen molar-refractivity contribution < 1.29 is 0 Å². The zero-order chi connectivity index (χ0) is 12.5. The summed E-state index contributed by atoms with van der Waals surface area (Å²) in [5, 5.41) is 0. The molecule has 0 aromatic heterocycles. The Kier molecular flexibility index (Phi) is 2.64. The molecular formula is C18H16. The van der Waals surface area contributed by atoms with Gasteiger partial charge in [-0.15, -0.1) is 0 Å². The Labute approximate surface area is 108 Å². The Morgan fingerprint density at radius 3 is 2.67 bits per heavy atom. The Bertz CT molecular complexity index is 645.